The number of hydrogen-bond donors (Lipinski definition) is 2. The fraction of sp³-hybridized carbons (Fsp3) is 0.133. The Kier molecular flexibility index (Phi) is 3.12. The largest absolute Gasteiger partial charge is 0.338 e. The summed E-state index contributed by atoms with van der Waals surface area (Å²) in [7, 11) is 0. The quantitative estimate of drug-likeness (QED) is 0.836. The summed E-state index contributed by atoms with van der Waals surface area (Å²) in [4.78, 5) is 13.8. The third kappa shape index (κ3) is 2.23. The fourth-order valence-corrected chi connectivity index (χ4v) is 2.28. The average molecular weight is 271 g/mol. The Bertz CT molecular complexity index is 642. The first kappa shape index (κ1) is 12.6. The van der Waals surface area contributed by atoms with Crippen LogP contribution < -0.4 is 16.0 Å². The van der Waals surface area contributed by atoms with Crippen molar-refractivity contribution < 1.29 is 9.18 Å². The molecule has 0 radical (unpaired) electrons. The van der Waals surface area contributed by atoms with Crippen molar-refractivity contribution in [1.29, 1.82) is 0 Å². The van der Waals surface area contributed by atoms with E-state index >= 15 is 0 Å². The zero-order valence-corrected chi connectivity index (χ0v) is 10.7. The van der Waals surface area contributed by atoms with Crippen LogP contribution in [0.4, 0.5) is 21.5 Å². The lowest BCUT2D eigenvalue weighted by Crippen LogP contribution is -2.41. The summed E-state index contributed by atoms with van der Waals surface area (Å²) in [5.74, 6) is -0.516. The summed E-state index contributed by atoms with van der Waals surface area (Å²) in [5, 5.41) is 2.80. The number of carbonyl (C=O) groups excluding carboxylic acids is 1. The number of benzene rings is 2. The molecule has 1 amide bonds. The Balaban J connectivity index is 2.09. The molecule has 0 bridgehead atoms. The summed E-state index contributed by atoms with van der Waals surface area (Å²) >= 11 is 0. The summed E-state index contributed by atoms with van der Waals surface area (Å²) in [5.41, 5.74) is 8.24. The number of anilines is 3. The van der Waals surface area contributed by atoms with Gasteiger partial charge < -0.3 is 16.0 Å². The molecule has 0 saturated heterocycles. The molecule has 3 N–H and O–H groups in total. The normalized spacial score (nSPS) is 18.2. The molecule has 1 unspecified atom stereocenters. The Labute approximate surface area is 116 Å². The van der Waals surface area contributed by atoms with Gasteiger partial charge in [0.05, 0.1) is 11.4 Å². The van der Waals surface area contributed by atoms with Gasteiger partial charge in [-0.3, -0.25) is 4.79 Å². The first-order valence-electron chi connectivity index (χ1n) is 6.34. The van der Waals surface area contributed by atoms with Crippen LogP contribution in [0, 0.1) is 5.82 Å². The molecule has 1 aliphatic heterocycles. The lowest BCUT2D eigenvalue weighted by atomic mass is 10.2. The highest BCUT2D eigenvalue weighted by Gasteiger charge is 2.25. The molecule has 1 aliphatic rings. The lowest BCUT2D eigenvalue weighted by molar-refractivity contribution is -0.117. The molecule has 0 fully saturated rings. The van der Waals surface area contributed by atoms with Crippen LogP contribution in [-0.4, -0.2) is 18.5 Å². The molecule has 0 aliphatic carbocycles. The third-order valence-corrected chi connectivity index (χ3v) is 3.31. The Morgan fingerprint density at radius 3 is 2.60 bits per heavy atom. The van der Waals surface area contributed by atoms with Crippen molar-refractivity contribution in [2.45, 2.75) is 6.04 Å². The van der Waals surface area contributed by atoms with E-state index in [0.717, 1.165) is 11.4 Å². The van der Waals surface area contributed by atoms with Gasteiger partial charge in [-0.1, -0.05) is 12.1 Å². The molecule has 1 atom stereocenters. The molecule has 3 rings (SSSR count). The van der Waals surface area contributed by atoms with E-state index in [1.807, 2.05) is 29.2 Å². The lowest BCUT2D eigenvalue weighted by Gasteiger charge is -2.25. The van der Waals surface area contributed by atoms with Crippen LogP contribution in [0.2, 0.25) is 0 Å². The SMILES string of the molecule is NC1CN(c2ccc(F)cc2)c2ccccc2NC1=O. The molecular weight excluding hydrogens is 257 g/mol. The molecule has 20 heavy (non-hydrogen) atoms. The van der Waals surface area contributed by atoms with Crippen molar-refractivity contribution >= 4 is 23.0 Å². The third-order valence-electron chi connectivity index (χ3n) is 3.31. The molecule has 0 aromatic heterocycles. The monoisotopic (exact) mass is 271 g/mol. The maximum absolute atomic E-state index is 13.1. The number of nitrogens with two attached hydrogens (primary N) is 1. The summed E-state index contributed by atoms with van der Waals surface area (Å²) in [6.07, 6.45) is 0. The van der Waals surface area contributed by atoms with E-state index in [-0.39, 0.29) is 11.7 Å². The predicted molar refractivity (Wildman–Crippen MR) is 76.5 cm³/mol. The molecule has 0 saturated carbocycles. The second kappa shape index (κ2) is 4.94. The minimum Gasteiger partial charge on any atom is -0.338 e. The van der Waals surface area contributed by atoms with Crippen LogP contribution in [0.5, 0.6) is 0 Å². The van der Waals surface area contributed by atoms with Gasteiger partial charge in [-0.05, 0) is 36.4 Å². The second-order valence-corrected chi connectivity index (χ2v) is 4.70. The van der Waals surface area contributed by atoms with E-state index in [2.05, 4.69) is 5.32 Å². The zero-order valence-electron chi connectivity index (χ0n) is 10.7. The molecule has 0 spiro atoms. The second-order valence-electron chi connectivity index (χ2n) is 4.70. The van der Waals surface area contributed by atoms with Crippen molar-refractivity contribution in [3.63, 3.8) is 0 Å². The Morgan fingerprint density at radius 1 is 1.15 bits per heavy atom. The van der Waals surface area contributed by atoms with Gasteiger partial charge in [-0.2, -0.15) is 0 Å². The van der Waals surface area contributed by atoms with Crippen molar-refractivity contribution in [3.8, 4) is 0 Å². The van der Waals surface area contributed by atoms with Crippen molar-refractivity contribution in [1.82, 2.24) is 0 Å². The van der Waals surface area contributed by atoms with Crippen molar-refractivity contribution in [3.05, 3.63) is 54.3 Å². The first-order chi connectivity index (χ1) is 9.65. The molecule has 102 valence electrons. The number of amides is 1. The van der Waals surface area contributed by atoms with Gasteiger partial charge in [0.2, 0.25) is 5.91 Å². The smallest absolute Gasteiger partial charge is 0.243 e. The first-order valence-corrected chi connectivity index (χ1v) is 6.34. The Hall–Kier alpha value is -2.40. The maximum atomic E-state index is 13.1. The summed E-state index contributed by atoms with van der Waals surface area (Å²) in [6.45, 7) is 0.342. The fourth-order valence-electron chi connectivity index (χ4n) is 2.28. The number of para-hydroxylation sites is 2. The highest BCUT2D eigenvalue weighted by atomic mass is 19.1. The Morgan fingerprint density at radius 2 is 1.85 bits per heavy atom. The van der Waals surface area contributed by atoms with Crippen molar-refractivity contribution in [2.75, 3.05) is 16.8 Å². The van der Waals surface area contributed by atoms with Gasteiger partial charge in [-0.25, -0.2) is 4.39 Å². The molecule has 1 heterocycles. The number of nitrogens with one attached hydrogen (secondary N) is 1. The van der Waals surface area contributed by atoms with Gasteiger partial charge in [0.1, 0.15) is 11.9 Å². The number of rotatable bonds is 1. The average Bonchev–Trinajstić information content (AvgIpc) is 2.58. The van der Waals surface area contributed by atoms with E-state index in [1.165, 1.54) is 12.1 Å². The van der Waals surface area contributed by atoms with Crippen LogP contribution >= 0.6 is 0 Å². The van der Waals surface area contributed by atoms with E-state index in [0.29, 0.717) is 12.2 Å². The van der Waals surface area contributed by atoms with Crippen LogP contribution in [0.3, 0.4) is 0 Å². The number of halogens is 1. The predicted octanol–water partition coefficient (Wildman–Crippen LogP) is 2.24. The number of nitrogens with zero attached hydrogens (tertiary/aromatic N) is 1. The minimum atomic E-state index is -0.646. The number of hydrogen-bond acceptors (Lipinski definition) is 3. The van der Waals surface area contributed by atoms with Gasteiger partial charge in [-0.15, -0.1) is 0 Å². The highest BCUT2D eigenvalue weighted by Crippen LogP contribution is 2.33. The van der Waals surface area contributed by atoms with E-state index in [4.69, 9.17) is 5.73 Å². The van der Waals surface area contributed by atoms with E-state index in [9.17, 15) is 9.18 Å². The van der Waals surface area contributed by atoms with Crippen LogP contribution in [-0.2, 0) is 4.79 Å². The standard InChI is InChI=1S/C15H14FN3O/c16-10-5-7-11(8-6-10)19-9-12(17)15(20)18-13-3-1-2-4-14(13)19/h1-8,12H,9,17H2,(H,18,20). The van der Waals surface area contributed by atoms with Gasteiger partial charge in [0.25, 0.3) is 0 Å². The number of fused-ring (bicyclic) bond motifs is 1. The molecule has 4 nitrogen and oxygen atoms in total. The number of carbonyl (C=O) groups is 1. The maximum Gasteiger partial charge on any atom is 0.243 e. The van der Waals surface area contributed by atoms with Gasteiger partial charge in [0, 0.05) is 12.2 Å². The van der Waals surface area contributed by atoms with E-state index < -0.39 is 6.04 Å². The van der Waals surface area contributed by atoms with Crippen LogP contribution in [0.25, 0.3) is 0 Å². The van der Waals surface area contributed by atoms with Gasteiger partial charge >= 0.3 is 0 Å². The van der Waals surface area contributed by atoms with Gasteiger partial charge in [0.15, 0.2) is 0 Å². The summed E-state index contributed by atoms with van der Waals surface area (Å²) in [6, 6.07) is 12.9. The van der Waals surface area contributed by atoms with Crippen LogP contribution in [0.15, 0.2) is 48.5 Å². The molecule has 2 aromatic carbocycles. The molecule has 2 aromatic rings. The summed E-state index contributed by atoms with van der Waals surface area (Å²) < 4.78 is 13.1. The topological polar surface area (TPSA) is 58.4 Å². The van der Waals surface area contributed by atoms with Crippen LogP contribution in [0.1, 0.15) is 0 Å². The highest BCUT2D eigenvalue weighted by molar-refractivity contribution is 6.00. The van der Waals surface area contributed by atoms with Crippen molar-refractivity contribution in [2.24, 2.45) is 5.73 Å². The van der Waals surface area contributed by atoms with E-state index in [1.54, 1.807) is 12.1 Å². The minimum absolute atomic E-state index is 0.220. The zero-order chi connectivity index (χ0) is 14.1. The molecular formula is C15H14FN3O. The molecule has 5 heteroatoms.